The summed E-state index contributed by atoms with van der Waals surface area (Å²) in [6, 6.07) is 4.39. The van der Waals surface area contributed by atoms with Crippen LogP contribution in [0.2, 0.25) is 0 Å². The quantitative estimate of drug-likeness (QED) is 0.685. The normalized spacial score (nSPS) is 14.0. The van der Waals surface area contributed by atoms with Gasteiger partial charge in [-0.3, -0.25) is 4.84 Å². The average molecular weight is 314 g/mol. The minimum atomic E-state index is -0.310. The lowest BCUT2D eigenvalue weighted by Gasteiger charge is -2.23. The van der Waals surface area contributed by atoms with Gasteiger partial charge in [-0.1, -0.05) is 6.08 Å². The molecule has 0 atom stereocenters. The van der Waals surface area contributed by atoms with E-state index >= 15 is 0 Å². The van der Waals surface area contributed by atoms with Crippen LogP contribution in [0.3, 0.4) is 0 Å². The SMILES string of the molecule is C=CCON(C1=NCCN1)c1ccc(F)cc1Br. The lowest BCUT2D eigenvalue weighted by atomic mass is 10.3. The summed E-state index contributed by atoms with van der Waals surface area (Å²) in [5.74, 6) is 0.305. The molecule has 0 fully saturated rings. The first kappa shape index (κ1) is 13.0. The summed E-state index contributed by atoms with van der Waals surface area (Å²) < 4.78 is 13.7. The number of guanidine groups is 1. The Kier molecular flexibility index (Phi) is 4.33. The van der Waals surface area contributed by atoms with Crippen LogP contribution in [-0.4, -0.2) is 25.7 Å². The van der Waals surface area contributed by atoms with Gasteiger partial charge in [0.15, 0.2) is 0 Å². The zero-order valence-corrected chi connectivity index (χ0v) is 11.3. The zero-order valence-electron chi connectivity index (χ0n) is 9.70. The second-order valence-corrected chi connectivity index (χ2v) is 4.46. The number of nitrogens with one attached hydrogen (secondary N) is 1. The first-order valence-corrected chi connectivity index (χ1v) is 6.29. The molecule has 1 aliphatic heterocycles. The van der Waals surface area contributed by atoms with Crippen molar-refractivity contribution in [3.8, 4) is 0 Å². The van der Waals surface area contributed by atoms with Crippen LogP contribution in [0.25, 0.3) is 0 Å². The number of rotatable bonds is 4. The number of aliphatic imine (C=N–C) groups is 1. The summed E-state index contributed by atoms with van der Waals surface area (Å²) in [5, 5.41) is 4.65. The maximum absolute atomic E-state index is 13.1. The summed E-state index contributed by atoms with van der Waals surface area (Å²) in [5.41, 5.74) is 0.686. The monoisotopic (exact) mass is 313 g/mol. The van der Waals surface area contributed by atoms with E-state index in [1.54, 1.807) is 12.1 Å². The standard InChI is InChI=1S/C12H13BrFN3O/c1-2-7-18-17(12-15-5-6-16-12)11-4-3-9(14)8-10(11)13/h2-4,8H,1,5-7H2,(H,15,16). The second-order valence-electron chi connectivity index (χ2n) is 3.61. The Hall–Kier alpha value is -1.40. The van der Waals surface area contributed by atoms with Gasteiger partial charge in [-0.25, -0.2) is 9.38 Å². The van der Waals surface area contributed by atoms with Gasteiger partial charge in [0.05, 0.1) is 18.8 Å². The minimum Gasteiger partial charge on any atom is -0.352 e. The lowest BCUT2D eigenvalue weighted by molar-refractivity contribution is 0.170. The number of benzene rings is 1. The van der Waals surface area contributed by atoms with E-state index in [0.29, 0.717) is 29.3 Å². The van der Waals surface area contributed by atoms with Crippen molar-refractivity contribution in [2.75, 3.05) is 24.8 Å². The molecular weight excluding hydrogens is 301 g/mol. The Morgan fingerprint density at radius 2 is 2.44 bits per heavy atom. The maximum Gasteiger partial charge on any atom is 0.223 e. The van der Waals surface area contributed by atoms with E-state index in [1.165, 1.54) is 17.2 Å². The van der Waals surface area contributed by atoms with Crippen LogP contribution in [0.15, 0.2) is 40.3 Å². The summed E-state index contributed by atoms with van der Waals surface area (Å²) in [4.78, 5) is 9.84. The van der Waals surface area contributed by atoms with Gasteiger partial charge >= 0.3 is 0 Å². The molecule has 0 amide bonds. The molecule has 1 heterocycles. The molecule has 0 bridgehead atoms. The first-order chi connectivity index (χ1) is 8.72. The molecule has 0 unspecified atom stereocenters. The Labute approximate surface area is 113 Å². The van der Waals surface area contributed by atoms with Crippen molar-refractivity contribution in [2.24, 2.45) is 4.99 Å². The van der Waals surface area contributed by atoms with Crippen molar-refractivity contribution in [3.05, 3.63) is 41.1 Å². The van der Waals surface area contributed by atoms with E-state index < -0.39 is 0 Å². The lowest BCUT2D eigenvalue weighted by Crippen LogP contribution is -2.39. The highest BCUT2D eigenvalue weighted by atomic mass is 79.9. The van der Waals surface area contributed by atoms with Crippen LogP contribution in [0.1, 0.15) is 0 Å². The minimum absolute atomic E-state index is 0.310. The van der Waals surface area contributed by atoms with E-state index in [0.717, 1.165) is 6.54 Å². The molecule has 1 aromatic rings. The molecule has 1 N–H and O–H groups in total. The number of halogens is 2. The Morgan fingerprint density at radius 3 is 3.06 bits per heavy atom. The van der Waals surface area contributed by atoms with Crippen LogP contribution in [0, 0.1) is 5.82 Å². The molecule has 0 saturated carbocycles. The van der Waals surface area contributed by atoms with Gasteiger partial charge in [0, 0.05) is 11.0 Å². The van der Waals surface area contributed by atoms with Crippen molar-refractivity contribution in [2.45, 2.75) is 0 Å². The molecule has 0 spiro atoms. The van der Waals surface area contributed by atoms with Gasteiger partial charge in [0.2, 0.25) is 5.96 Å². The maximum atomic E-state index is 13.1. The summed E-state index contributed by atoms with van der Waals surface area (Å²) in [7, 11) is 0. The molecule has 0 aliphatic carbocycles. The van der Waals surface area contributed by atoms with Gasteiger partial charge in [0.25, 0.3) is 0 Å². The van der Waals surface area contributed by atoms with Gasteiger partial charge in [-0.2, -0.15) is 5.06 Å². The number of hydrogen-bond acceptors (Lipinski definition) is 4. The smallest absolute Gasteiger partial charge is 0.223 e. The largest absolute Gasteiger partial charge is 0.352 e. The predicted octanol–water partition coefficient (Wildman–Crippen LogP) is 2.47. The molecule has 2 rings (SSSR count). The van der Waals surface area contributed by atoms with Crippen LogP contribution in [0.5, 0.6) is 0 Å². The van der Waals surface area contributed by atoms with Gasteiger partial charge < -0.3 is 5.32 Å². The van der Waals surface area contributed by atoms with E-state index in [2.05, 4.69) is 32.8 Å². The van der Waals surface area contributed by atoms with Gasteiger partial charge in [-0.05, 0) is 34.1 Å². The Bertz CT molecular complexity index is 478. The van der Waals surface area contributed by atoms with Crippen LogP contribution in [0.4, 0.5) is 10.1 Å². The zero-order chi connectivity index (χ0) is 13.0. The van der Waals surface area contributed by atoms with Crippen molar-refractivity contribution in [1.29, 1.82) is 0 Å². The van der Waals surface area contributed by atoms with Crippen LogP contribution < -0.4 is 10.4 Å². The summed E-state index contributed by atoms with van der Waals surface area (Å²) >= 11 is 3.32. The van der Waals surface area contributed by atoms with Crippen LogP contribution in [-0.2, 0) is 4.84 Å². The molecule has 1 aliphatic rings. The van der Waals surface area contributed by atoms with Crippen molar-refractivity contribution < 1.29 is 9.23 Å². The number of hydrogen-bond donors (Lipinski definition) is 1. The summed E-state index contributed by atoms with van der Waals surface area (Å²) in [6.45, 7) is 5.41. The van der Waals surface area contributed by atoms with Gasteiger partial charge in [-0.15, -0.1) is 6.58 Å². The number of hydroxylamine groups is 1. The van der Waals surface area contributed by atoms with Crippen molar-refractivity contribution >= 4 is 27.6 Å². The third-order valence-electron chi connectivity index (χ3n) is 2.30. The number of anilines is 1. The van der Waals surface area contributed by atoms with Crippen molar-refractivity contribution in [1.82, 2.24) is 5.32 Å². The van der Waals surface area contributed by atoms with E-state index in [-0.39, 0.29) is 5.82 Å². The third-order valence-corrected chi connectivity index (χ3v) is 2.93. The topological polar surface area (TPSA) is 36.9 Å². The Balaban J connectivity index is 2.29. The fraction of sp³-hybridized carbons (Fsp3) is 0.250. The molecule has 0 saturated heterocycles. The Morgan fingerprint density at radius 1 is 1.61 bits per heavy atom. The highest BCUT2D eigenvalue weighted by molar-refractivity contribution is 9.10. The third kappa shape index (κ3) is 2.88. The molecule has 0 radical (unpaired) electrons. The average Bonchev–Trinajstić information content (AvgIpc) is 2.85. The molecule has 96 valence electrons. The fourth-order valence-corrected chi connectivity index (χ4v) is 2.05. The highest BCUT2D eigenvalue weighted by Gasteiger charge is 2.19. The summed E-state index contributed by atoms with van der Waals surface area (Å²) in [6.07, 6.45) is 1.64. The molecule has 0 aromatic heterocycles. The van der Waals surface area contributed by atoms with E-state index in [1.807, 2.05) is 0 Å². The fourth-order valence-electron chi connectivity index (χ4n) is 1.54. The second kappa shape index (κ2) is 5.97. The number of nitrogens with zero attached hydrogens (tertiary/aromatic N) is 2. The first-order valence-electron chi connectivity index (χ1n) is 5.49. The molecule has 1 aromatic carbocycles. The highest BCUT2D eigenvalue weighted by Crippen LogP contribution is 2.27. The van der Waals surface area contributed by atoms with E-state index in [4.69, 9.17) is 4.84 Å². The van der Waals surface area contributed by atoms with E-state index in [9.17, 15) is 4.39 Å². The molecular formula is C12H13BrFN3O. The predicted molar refractivity (Wildman–Crippen MR) is 73.0 cm³/mol. The van der Waals surface area contributed by atoms with Crippen molar-refractivity contribution in [3.63, 3.8) is 0 Å². The molecule has 6 heteroatoms. The molecule has 18 heavy (non-hydrogen) atoms. The van der Waals surface area contributed by atoms with Gasteiger partial charge in [0.1, 0.15) is 5.82 Å². The molecule has 4 nitrogen and oxygen atoms in total. The van der Waals surface area contributed by atoms with Crippen LogP contribution >= 0.6 is 15.9 Å².